The average Bonchev–Trinajstić information content (AvgIpc) is 3.02. The van der Waals surface area contributed by atoms with Crippen molar-refractivity contribution in [2.75, 3.05) is 30.7 Å². The molecule has 7 heteroatoms. The highest BCUT2D eigenvalue weighted by Crippen LogP contribution is 2.34. The van der Waals surface area contributed by atoms with E-state index in [-0.39, 0.29) is 0 Å². The number of carbonyl (C=O) groups excluding carboxylic acids is 1. The second-order valence-electron chi connectivity index (χ2n) is 5.82. The highest BCUT2D eigenvalue weighted by atomic mass is 35.5. The number of nitrogen functional groups attached to an aromatic ring is 1. The number of anilines is 2. The first-order chi connectivity index (χ1) is 11.6. The van der Waals surface area contributed by atoms with Gasteiger partial charge in [0, 0.05) is 4.88 Å². The minimum atomic E-state index is -0.471. The molecule has 0 atom stereocenters. The molecule has 0 spiro atoms. The van der Waals surface area contributed by atoms with Crippen molar-refractivity contribution in [2.24, 2.45) is 5.92 Å². The molecule has 0 radical (unpaired) electrons. The lowest BCUT2D eigenvalue weighted by molar-refractivity contribution is 0.131. The summed E-state index contributed by atoms with van der Waals surface area (Å²) in [6, 6.07) is 9.30. The van der Waals surface area contributed by atoms with E-state index < -0.39 is 6.09 Å². The lowest BCUT2D eigenvalue weighted by atomic mass is 9.99. The van der Waals surface area contributed by atoms with Gasteiger partial charge in [0.05, 0.1) is 22.3 Å². The fourth-order valence-corrected chi connectivity index (χ4v) is 3.71. The minimum absolute atomic E-state index is 0.425. The van der Waals surface area contributed by atoms with Crippen LogP contribution in [0.5, 0.6) is 0 Å². The number of nitrogens with one attached hydrogen (secondary N) is 2. The largest absolute Gasteiger partial charge is 0.449 e. The smallest absolute Gasteiger partial charge is 0.411 e. The van der Waals surface area contributed by atoms with E-state index in [4.69, 9.17) is 22.1 Å². The number of hydrogen-bond acceptors (Lipinski definition) is 5. The highest BCUT2D eigenvalue weighted by Gasteiger charge is 2.16. The van der Waals surface area contributed by atoms with E-state index in [0.29, 0.717) is 23.9 Å². The Kier molecular flexibility index (Phi) is 5.60. The third-order valence-corrected chi connectivity index (χ3v) is 5.34. The zero-order chi connectivity index (χ0) is 16.9. The molecule has 1 saturated heterocycles. The van der Waals surface area contributed by atoms with Gasteiger partial charge in [-0.2, -0.15) is 0 Å². The molecular formula is C17H20ClN3O2S. The van der Waals surface area contributed by atoms with Gasteiger partial charge in [0.2, 0.25) is 0 Å². The third-order valence-electron chi connectivity index (χ3n) is 4.06. The molecule has 3 rings (SSSR count). The van der Waals surface area contributed by atoms with E-state index in [2.05, 4.69) is 10.6 Å². The maximum absolute atomic E-state index is 12.0. The molecule has 0 unspecified atom stereocenters. The van der Waals surface area contributed by atoms with Crippen molar-refractivity contribution in [1.82, 2.24) is 5.32 Å². The molecule has 5 nitrogen and oxygen atoms in total. The van der Waals surface area contributed by atoms with Crippen LogP contribution in [0, 0.1) is 5.92 Å². The van der Waals surface area contributed by atoms with Crippen molar-refractivity contribution in [3.63, 3.8) is 0 Å². The Morgan fingerprint density at radius 3 is 2.83 bits per heavy atom. The van der Waals surface area contributed by atoms with Gasteiger partial charge in [0.1, 0.15) is 0 Å². The van der Waals surface area contributed by atoms with Crippen LogP contribution in [0.15, 0.2) is 30.3 Å². The molecule has 1 aromatic heterocycles. The summed E-state index contributed by atoms with van der Waals surface area (Å²) in [5, 5.41) is 6.03. The molecule has 2 aromatic rings. The fourth-order valence-electron chi connectivity index (χ4n) is 2.68. The predicted molar refractivity (Wildman–Crippen MR) is 99.7 cm³/mol. The van der Waals surface area contributed by atoms with Gasteiger partial charge in [-0.1, -0.05) is 17.7 Å². The van der Waals surface area contributed by atoms with Gasteiger partial charge in [-0.05, 0) is 61.7 Å². The summed E-state index contributed by atoms with van der Waals surface area (Å²) >= 11 is 7.46. The Morgan fingerprint density at radius 1 is 1.33 bits per heavy atom. The molecule has 1 fully saturated rings. The van der Waals surface area contributed by atoms with Crippen molar-refractivity contribution in [1.29, 1.82) is 0 Å². The molecule has 4 N–H and O–H groups in total. The van der Waals surface area contributed by atoms with Crippen molar-refractivity contribution in [2.45, 2.75) is 12.8 Å². The van der Waals surface area contributed by atoms with E-state index in [1.54, 1.807) is 6.07 Å². The third kappa shape index (κ3) is 4.41. The summed E-state index contributed by atoms with van der Waals surface area (Å²) in [7, 11) is 0. The van der Waals surface area contributed by atoms with E-state index in [1.807, 2.05) is 24.3 Å². The first kappa shape index (κ1) is 17.1. The van der Waals surface area contributed by atoms with Crippen LogP contribution in [-0.4, -0.2) is 25.8 Å². The number of thiophene rings is 1. The normalized spacial score (nSPS) is 15.2. The highest BCUT2D eigenvalue weighted by molar-refractivity contribution is 7.19. The molecule has 1 aliphatic rings. The SMILES string of the molecule is Nc1ccc(-c2ccc(Cl)s2)cc1NC(=O)OCC1CCNCC1. The van der Waals surface area contributed by atoms with E-state index in [9.17, 15) is 4.79 Å². The quantitative estimate of drug-likeness (QED) is 0.710. The molecule has 24 heavy (non-hydrogen) atoms. The topological polar surface area (TPSA) is 76.4 Å². The van der Waals surface area contributed by atoms with Gasteiger partial charge in [-0.25, -0.2) is 4.79 Å². The van der Waals surface area contributed by atoms with E-state index in [0.717, 1.165) is 40.7 Å². The van der Waals surface area contributed by atoms with Gasteiger partial charge in [-0.3, -0.25) is 5.32 Å². The minimum Gasteiger partial charge on any atom is -0.449 e. The molecule has 0 bridgehead atoms. The van der Waals surface area contributed by atoms with Gasteiger partial charge in [0.15, 0.2) is 0 Å². The van der Waals surface area contributed by atoms with Gasteiger partial charge in [-0.15, -0.1) is 11.3 Å². The Balaban J connectivity index is 1.62. The van der Waals surface area contributed by atoms with Crippen molar-refractivity contribution in [3.8, 4) is 10.4 Å². The number of rotatable bonds is 4. The van der Waals surface area contributed by atoms with Crippen LogP contribution in [0.2, 0.25) is 4.34 Å². The van der Waals surface area contributed by atoms with Crippen LogP contribution >= 0.6 is 22.9 Å². The fraction of sp³-hybridized carbons (Fsp3) is 0.353. The summed E-state index contributed by atoms with van der Waals surface area (Å²) in [4.78, 5) is 13.1. The number of hydrogen-bond donors (Lipinski definition) is 3. The molecule has 0 aliphatic carbocycles. The predicted octanol–water partition coefficient (Wildman–Crippen LogP) is 4.20. The standard InChI is InChI=1S/C17H20ClN3O2S/c18-16-4-3-15(24-16)12-1-2-13(19)14(9-12)21-17(22)23-10-11-5-7-20-8-6-11/h1-4,9,11,20H,5-8,10,19H2,(H,21,22). The molecule has 1 aliphatic heterocycles. The van der Waals surface area contributed by atoms with Crippen molar-refractivity contribution >= 4 is 40.4 Å². The van der Waals surface area contributed by atoms with Crippen LogP contribution in [0.4, 0.5) is 16.2 Å². The van der Waals surface area contributed by atoms with Crippen molar-refractivity contribution < 1.29 is 9.53 Å². The number of piperidine rings is 1. The second kappa shape index (κ2) is 7.88. The van der Waals surface area contributed by atoms with Crippen LogP contribution in [0.3, 0.4) is 0 Å². The molecule has 0 saturated carbocycles. The van der Waals surface area contributed by atoms with Crippen LogP contribution in [0.1, 0.15) is 12.8 Å². The van der Waals surface area contributed by atoms with Gasteiger partial charge in [0.25, 0.3) is 0 Å². The first-order valence-corrected chi connectivity index (χ1v) is 9.11. The first-order valence-electron chi connectivity index (χ1n) is 7.91. The molecule has 1 aromatic carbocycles. The van der Waals surface area contributed by atoms with E-state index >= 15 is 0 Å². The second-order valence-corrected chi connectivity index (χ2v) is 7.54. The monoisotopic (exact) mass is 365 g/mol. The summed E-state index contributed by atoms with van der Waals surface area (Å²) in [5.74, 6) is 0.425. The molecule has 2 heterocycles. The number of benzene rings is 1. The Bertz CT molecular complexity index is 714. The lowest BCUT2D eigenvalue weighted by Gasteiger charge is -2.22. The van der Waals surface area contributed by atoms with Gasteiger partial charge >= 0.3 is 6.09 Å². The maximum atomic E-state index is 12.0. The molecule has 128 valence electrons. The van der Waals surface area contributed by atoms with Crippen LogP contribution in [-0.2, 0) is 4.74 Å². The lowest BCUT2D eigenvalue weighted by Crippen LogP contribution is -2.31. The number of halogens is 1. The zero-order valence-corrected chi connectivity index (χ0v) is 14.8. The summed E-state index contributed by atoms with van der Waals surface area (Å²) in [6.45, 7) is 2.40. The number of ether oxygens (including phenoxy) is 1. The number of nitrogens with two attached hydrogens (primary N) is 1. The molecule has 1 amide bonds. The Morgan fingerprint density at radius 2 is 2.12 bits per heavy atom. The molecular weight excluding hydrogens is 346 g/mol. The average molecular weight is 366 g/mol. The number of amides is 1. The summed E-state index contributed by atoms with van der Waals surface area (Å²) in [6.07, 6.45) is 1.59. The Hall–Kier alpha value is -1.76. The number of carbonyl (C=O) groups is 1. The zero-order valence-electron chi connectivity index (χ0n) is 13.2. The van der Waals surface area contributed by atoms with Crippen molar-refractivity contribution in [3.05, 3.63) is 34.7 Å². The summed E-state index contributed by atoms with van der Waals surface area (Å²) < 4.78 is 6.06. The van der Waals surface area contributed by atoms with E-state index in [1.165, 1.54) is 11.3 Å². The van der Waals surface area contributed by atoms with Gasteiger partial charge < -0.3 is 15.8 Å². The summed E-state index contributed by atoms with van der Waals surface area (Å²) in [5.41, 5.74) is 7.96. The van der Waals surface area contributed by atoms with Crippen LogP contribution < -0.4 is 16.4 Å². The Labute approximate surface area is 150 Å². The van der Waals surface area contributed by atoms with Crippen LogP contribution in [0.25, 0.3) is 10.4 Å². The maximum Gasteiger partial charge on any atom is 0.411 e.